The molecule has 1 aliphatic rings. The van der Waals surface area contributed by atoms with E-state index in [0.29, 0.717) is 12.3 Å². The molecule has 1 unspecified atom stereocenters. The predicted octanol–water partition coefficient (Wildman–Crippen LogP) is 2.04. The first-order chi connectivity index (χ1) is 11.8. The Morgan fingerprint density at radius 1 is 1.48 bits per heavy atom. The fourth-order valence-corrected chi connectivity index (χ4v) is 3.09. The Bertz CT molecular complexity index is 837. The quantitative estimate of drug-likeness (QED) is 0.816. The standard InChI is InChI=1S/C16H17ClF2N4O2/c1-23-16(25)21-14(22-23)15(24)20-7-9(8-2-3-8)4-11-12(17)5-10(18)6-13(11)19/h5-6,8-9H,2-4,7H2,1H3,(H,20,24)(H,21,22,25). The minimum Gasteiger partial charge on any atom is -0.349 e. The fourth-order valence-electron chi connectivity index (χ4n) is 2.81. The number of carbonyl (C=O) groups is 1. The number of aromatic nitrogens is 3. The molecule has 0 aliphatic heterocycles. The molecular weight excluding hydrogens is 354 g/mol. The monoisotopic (exact) mass is 370 g/mol. The number of aromatic amines is 1. The van der Waals surface area contributed by atoms with Gasteiger partial charge in [-0.05, 0) is 37.2 Å². The Labute approximate surface area is 147 Å². The van der Waals surface area contributed by atoms with Crippen molar-refractivity contribution in [2.75, 3.05) is 6.54 Å². The van der Waals surface area contributed by atoms with Gasteiger partial charge < -0.3 is 5.32 Å². The Morgan fingerprint density at radius 3 is 2.76 bits per heavy atom. The van der Waals surface area contributed by atoms with E-state index < -0.39 is 23.2 Å². The Balaban J connectivity index is 1.68. The van der Waals surface area contributed by atoms with Crippen LogP contribution in [0.1, 0.15) is 29.0 Å². The summed E-state index contributed by atoms with van der Waals surface area (Å²) in [7, 11) is 1.43. The molecule has 1 heterocycles. The van der Waals surface area contributed by atoms with Gasteiger partial charge in [0, 0.05) is 30.2 Å². The molecular formula is C16H17ClF2N4O2. The third-order valence-corrected chi connectivity index (χ3v) is 4.71. The van der Waals surface area contributed by atoms with Gasteiger partial charge in [-0.3, -0.25) is 9.78 Å². The van der Waals surface area contributed by atoms with Crippen LogP contribution in [0.15, 0.2) is 16.9 Å². The molecule has 2 N–H and O–H groups in total. The highest BCUT2D eigenvalue weighted by Gasteiger charge is 2.32. The summed E-state index contributed by atoms with van der Waals surface area (Å²) in [5.41, 5.74) is -0.232. The minimum absolute atomic E-state index is 0.0307. The molecule has 1 aromatic carbocycles. The van der Waals surface area contributed by atoms with E-state index in [1.807, 2.05) is 0 Å². The van der Waals surface area contributed by atoms with Crippen molar-refractivity contribution in [2.24, 2.45) is 18.9 Å². The van der Waals surface area contributed by atoms with Gasteiger partial charge in [-0.15, -0.1) is 5.10 Å². The molecule has 1 saturated carbocycles. The number of amides is 1. The maximum atomic E-state index is 14.0. The van der Waals surface area contributed by atoms with Crippen LogP contribution in [0.25, 0.3) is 0 Å². The first kappa shape index (κ1) is 17.6. The smallest absolute Gasteiger partial charge is 0.343 e. The van der Waals surface area contributed by atoms with Crippen LogP contribution in [-0.4, -0.2) is 27.2 Å². The Morgan fingerprint density at radius 2 is 2.20 bits per heavy atom. The number of nitrogens with zero attached hydrogens (tertiary/aromatic N) is 2. The van der Waals surface area contributed by atoms with Crippen LogP contribution < -0.4 is 11.0 Å². The van der Waals surface area contributed by atoms with Crippen molar-refractivity contribution >= 4 is 17.5 Å². The first-order valence-corrected chi connectivity index (χ1v) is 8.28. The van der Waals surface area contributed by atoms with Gasteiger partial charge in [0.05, 0.1) is 0 Å². The largest absolute Gasteiger partial charge is 0.349 e. The van der Waals surface area contributed by atoms with Crippen molar-refractivity contribution in [3.63, 3.8) is 0 Å². The van der Waals surface area contributed by atoms with E-state index >= 15 is 0 Å². The normalized spacial score (nSPS) is 15.2. The molecule has 9 heteroatoms. The molecule has 1 atom stereocenters. The van der Waals surface area contributed by atoms with Gasteiger partial charge in [0.15, 0.2) is 0 Å². The number of carbonyl (C=O) groups excluding carboxylic acids is 1. The molecule has 0 spiro atoms. The lowest BCUT2D eigenvalue weighted by Crippen LogP contribution is -2.32. The van der Waals surface area contributed by atoms with Gasteiger partial charge in [-0.2, -0.15) is 0 Å². The third-order valence-electron chi connectivity index (χ3n) is 4.37. The molecule has 134 valence electrons. The number of halogens is 3. The van der Waals surface area contributed by atoms with Crippen LogP contribution >= 0.6 is 11.6 Å². The maximum Gasteiger partial charge on any atom is 0.343 e. The van der Waals surface area contributed by atoms with E-state index in [2.05, 4.69) is 15.4 Å². The molecule has 1 amide bonds. The van der Waals surface area contributed by atoms with E-state index in [-0.39, 0.29) is 28.9 Å². The van der Waals surface area contributed by atoms with Gasteiger partial charge in [-0.1, -0.05) is 11.6 Å². The van der Waals surface area contributed by atoms with Crippen LogP contribution in [0.2, 0.25) is 5.02 Å². The zero-order valence-electron chi connectivity index (χ0n) is 13.5. The molecule has 1 aliphatic carbocycles. The zero-order valence-corrected chi connectivity index (χ0v) is 14.2. The maximum absolute atomic E-state index is 14.0. The molecule has 25 heavy (non-hydrogen) atoms. The van der Waals surface area contributed by atoms with Gasteiger partial charge in [0.2, 0.25) is 5.82 Å². The van der Waals surface area contributed by atoms with Gasteiger partial charge in [0.1, 0.15) is 11.6 Å². The second kappa shape index (κ2) is 6.95. The highest BCUT2D eigenvalue weighted by molar-refractivity contribution is 6.31. The number of hydrogen-bond acceptors (Lipinski definition) is 3. The Hall–Kier alpha value is -2.22. The summed E-state index contributed by atoms with van der Waals surface area (Å²) in [6, 6.07) is 1.89. The summed E-state index contributed by atoms with van der Waals surface area (Å²) in [4.78, 5) is 25.8. The van der Waals surface area contributed by atoms with Gasteiger partial charge in [-0.25, -0.2) is 18.3 Å². The minimum atomic E-state index is -0.721. The van der Waals surface area contributed by atoms with Crippen LogP contribution in [0.4, 0.5) is 8.78 Å². The van der Waals surface area contributed by atoms with Crippen molar-refractivity contribution in [3.8, 4) is 0 Å². The number of H-pyrrole nitrogens is 1. The summed E-state index contributed by atoms with van der Waals surface area (Å²) in [5.74, 6) is -1.67. The lowest BCUT2D eigenvalue weighted by Gasteiger charge is -2.18. The van der Waals surface area contributed by atoms with Crippen LogP contribution in [-0.2, 0) is 13.5 Å². The number of rotatable bonds is 6. The van der Waals surface area contributed by atoms with Gasteiger partial charge >= 0.3 is 5.69 Å². The summed E-state index contributed by atoms with van der Waals surface area (Å²) in [6.07, 6.45) is 2.28. The van der Waals surface area contributed by atoms with Crippen molar-refractivity contribution in [1.82, 2.24) is 20.1 Å². The number of nitrogens with one attached hydrogen (secondary N) is 2. The molecule has 0 radical (unpaired) electrons. The second-order valence-electron chi connectivity index (χ2n) is 6.26. The van der Waals surface area contributed by atoms with Crippen molar-refractivity contribution in [3.05, 3.63) is 50.7 Å². The van der Waals surface area contributed by atoms with E-state index in [4.69, 9.17) is 11.6 Å². The predicted molar refractivity (Wildman–Crippen MR) is 87.4 cm³/mol. The van der Waals surface area contributed by atoms with Crippen LogP contribution in [0.5, 0.6) is 0 Å². The van der Waals surface area contributed by atoms with E-state index in [1.54, 1.807) is 0 Å². The molecule has 6 nitrogen and oxygen atoms in total. The highest BCUT2D eigenvalue weighted by atomic mass is 35.5. The summed E-state index contributed by atoms with van der Waals surface area (Å²) >= 11 is 5.96. The lowest BCUT2D eigenvalue weighted by molar-refractivity contribution is 0.0934. The SMILES string of the molecule is Cn1nc(C(=O)NCC(Cc2c(F)cc(F)cc2Cl)C2CC2)[nH]c1=O. The first-order valence-electron chi connectivity index (χ1n) is 7.90. The van der Waals surface area contributed by atoms with Gasteiger partial charge in [0.25, 0.3) is 5.91 Å². The third kappa shape index (κ3) is 4.07. The van der Waals surface area contributed by atoms with E-state index in [9.17, 15) is 18.4 Å². The molecule has 1 aromatic heterocycles. The molecule has 0 saturated heterocycles. The van der Waals surface area contributed by atoms with Crippen molar-refractivity contribution in [2.45, 2.75) is 19.3 Å². The van der Waals surface area contributed by atoms with Crippen LogP contribution in [0.3, 0.4) is 0 Å². The average molecular weight is 371 g/mol. The summed E-state index contributed by atoms with van der Waals surface area (Å²) in [6.45, 7) is 0.287. The highest BCUT2D eigenvalue weighted by Crippen LogP contribution is 2.39. The van der Waals surface area contributed by atoms with Crippen molar-refractivity contribution in [1.29, 1.82) is 0 Å². The van der Waals surface area contributed by atoms with E-state index in [1.165, 1.54) is 7.05 Å². The molecule has 3 rings (SSSR count). The summed E-state index contributed by atoms with van der Waals surface area (Å²) in [5, 5.41) is 6.54. The topological polar surface area (TPSA) is 79.8 Å². The van der Waals surface area contributed by atoms with E-state index in [0.717, 1.165) is 29.7 Å². The molecule has 1 fully saturated rings. The Kier molecular flexibility index (Phi) is 4.89. The molecule has 2 aromatic rings. The zero-order chi connectivity index (χ0) is 18.1. The van der Waals surface area contributed by atoms with Crippen LogP contribution in [0, 0.1) is 23.5 Å². The van der Waals surface area contributed by atoms with Crippen molar-refractivity contribution < 1.29 is 13.6 Å². The average Bonchev–Trinajstić information content (AvgIpc) is 3.31. The summed E-state index contributed by atoms with van der Waals surface area (Å²) < 4.78 is 28.2. The number of benzene rings is 1. The molecule has 0 bridgehead atoms. The lowest BCUT2D eigenvalue weighted by atomic mass is 9.94. The number of hydrogen-bond donors (Lipinski definition) is 2. The number of aryl methyl sites for hydroxylation is 1. The fraction of sp³-hybridized carbons (Fsp3) is 0.438. The second-order valence-corrected chi connectivity index (χ2v) is 6.67.